The van der Waals surface area contributed by atoms with E-state index < -0.39 is 21.8 Å². The van der Waals surface area contributed by atoms with Crippen LogP contribution in [0.5, 0.6) is 0 Å². The average molecular weight is 555 g/mol. The Labute approximate surface area is 220 Å². The number of halogens is 3. The molecular weight excluding hydrogens is 521 g/mol. The Morgan fingerprint density at radius 1 is 1.13 bits per heavy atom. The topological polar surface area (TPSA) is 90.8 Å². The van der Waals surface area contributed by atoms with Gasteiger partial charge in [-0.3, -0.25) is 9.62 Å². The van der Waals surface area contributed by atoms with Crippen molar-refractivity contribution in [3.63, 3.8) is 0 Å². The first-order chi connectivity index (χ1) is 17.9. The minimum atomic E-state index is -4.41. The molecule has 1 aromatic carbocycles. The fourth-order valence-corrected chi connectivity index (χ4v) is 6.63. The Kier molecular flexibility index (Phi) is 7.10. The highest BCUT2D eigenvalue weighted by Gasteiger charge is 2.44. The molecule has 2 saturated heterocycles. The first-order valence-electron chi connectivity index (χ1n) is 12.9. The maximum Gasteiger partial charge on any atom is 0.416 e. The van der Waals surface area contributed by atoms with Gasteiger partial charge in [-0.25, -0.2) is 13.2 Å². The summed E-state index contributed by atoms with van der Waals surface area (Å²) in [6.07, 6.45) is 1.63. The van der Waals surface area contributed by atoms with Gasteiger partial charge < -0.3 is 9.80 Å². The molecular formula is C25H33F3N6O3S. The molecule has 2 aromatic rings. The van der Waals surface area contributed by atoms with E-state index >= 15 is 0 Å². The molecule has 0 spiro atoms. The third kappa shape index (κ3) is 5.78. The second-order valence-corrected chi connectivity index (χ2v) is 12.5. The van der Waals surface area contributed by atoms with Gasteiger partial charge in [-0.2, -0.15) is 17.9 Å². The van der Waals surface area contributed by atoms with Gasteiger partial charge in [0.1, 0.15) is 0 Å². The van der Waals surface area contributed by atoms with E-state index in [0.717, 1.165) is 49.7 Å². The van der Waals surface area contributed by atoms with E-state index in [9.17, 15) is 26.4 Å². The predicted octanol–water partition coefficient (Wildman–Crippen LogP) is 3.68. The lowest BCUT2D eigenvalue weighted by Gasteiger charge is -2.28. The molecule has 0 unspecified atom stereocenters. The second kappa shape index (κ2) is 10.1. The number of hydrogen-bond acceptors (Lipinski definition) is 6. The number of likely N-dealkylation sites (tertiary alicyclic amines) is 1. The number of rotatable bonds is 6. The van der Waals surface area contributed by atoms with Crippen LogP contribution in [0.1, 0.15) is 36.8 Å². The normalized spacial score (nSPS) is 23.9. The maximum atomic E-state index is 14.0. The van der Waals surface area contributed by atoms with E-state index in [4.69, 9.17) is 0 Å². The molecule has 1 amide bonds. The van der Waals surface area contributed by atoms with Gasteiger partial charge in [0.2, 0.25) is 10.0 Å². The van der Waals surface area contributed by atoms with Crippen molar-refractivity contribution in [3.05, 3.63) is 41.6 Å². The molecule has 1 saturated carbocycles. The summed E-state index contributed by atoms with van der Waals surface area (Å²) >= 11 is 0. The van der Waals surface area contributed by atoms with Crippen LogP contribution in [0.2, 0.25) is 0 Å². The quantitative estimate of drug-likeness (QED) is 0.586. The fraction of sp³-hybridized carbons (Fsp3) is 0.600. The number of aromatic nitrogens is 2. The van der Waals surface area contributed by atoms with Crippen LogP contribution < -0.4 is 9.62 Å². The number of carbonyl (C=O) groups excluding carboxylic acids is 1. The van der Waals surface area contributed by atoms with Crippen LogP contribution in [0, 0.1) is 11.8 Å². The molecule has 1 N–H and O–H groups in total. The number of alkyl halides is 3. The molecule has 1 aromatic heterocycles. The van der Waals surface area contributed by atoms with Gasteiger partial charge in [0.05, 0.1) is 11.8 Å². The average Bonchev–Trinajstić information content (AvgIpc) is 3.60. The number of amides is 1. The summed E-state index contributed by atoms with van der Waals surface area (Å²) in [4.78, 5) is 18.6. The van der Waals surface area contributed by atoms with Gasteiger partial charge in [0.15, 0.2) is 5.82 Å². The van der Waals surface area contributed by atoms with Crippen molar-refractivity contribution in [2.45, 2.75) is 44.4 Å². The van der Waals surface area contributed by atoms with Crippen molar-refractivity contribution in [1.29, 1.82) is 0 Å². The number of carbonyl (C=O) groups is 1. The Bertz CT molecular complexity index is 1280. The van der Waals surface area contributed by atoms with Crippen LogP contribution in [0.4, 0.5) is 29.5 Å². The van der Waals surface area contributed by atoms with Crippen molar-refractivity contribution in [1.82, 2.24) is 19.6 Å². The van der Waals surface area contributed by atoms with Gasteiger partial charge >= 0.3 is 12.2 Å². The lowest BCUT2D eigenvalue weighted by Crippen LogP contribution is -2.36. The van der Waals surface area contributed by atoms with Crippen molar-refractivity contribution < 1.29 is 26.4 Å². The molecule has 208 valence electrons. The summed E-state index contributed by atoms with van der Waals surface area (Å²) in [5.41, 5.74) is 0.361. The number of nitrogens with zero attached hydrogens (tertiary/aromatic N) is 5. The van der Waals surface area contributed by atoms with Crippen LogP contribution in [0.25, 0.3) is 0 Å². The summed E-state index contributed by atoms with van der Waals surface area (Å²) in [5, 5.41) is 4.02. The number of sulfonamides is 1. The Hall–Kier alpha value is -2.80. The van der Waals surface area contributed by atoms with E-state index in [1.807, 2.05) is 22.9 Å². The highest BCUT2D eigenvalue weighted by molar-refractivity contribution is 7.92. The highest BCUT2D eigenvalue weighted by Crippen LogP contribution is 2.41. The SMILES string of the molecule is CN(Cc1ccc(N2CCCC2)cc1C(F)(F)F)[C@H]1C[C@@H]2CN(C(=O)n3ccc(NS(C)(=O)=O)n3)C[C@@H]2C1. The standard InChI is InChI=1S/C25H33F3N6O3S/c1-31(14-17-5-6-20(32-8-3-4-9-32)13-22(17)25(26,27)28)21-11-18-15-33(16-19(18)12-21)24(35)34-10-7-23(29-34)30-38(2,36)37/h5-7,10,13,18-19,21H,3-4,8-9,11-12,14-16H2,1-2H3,(H,29,30)/t18-,19+,21+. The molecule has 5 rings (SSSR count). The van der Waals surface area contributed by atoms with Crippen LogP contribution in [-0.2, 0) is 22.7 Å². The molecule has 1 aliphatic carbocycles. The molecule has 3 atom stereocenters. The summed E-state index contributed by atoms with van der Waals surface area (Å²) in [6.45, 7) is 2.88. The molecule has 38 heavy (non-hydrogen) atoms. The molecule has 9 nitrogen and oxygen atoms in total. The fourth-order valence-electron chi connectivity index (χ4n) is 6.14. The number of benzene rings is 1. The zero-order valence-corrected chi connectivity index (χ0v) is 22.3. The molecule has 0 radical (unpaired) electrons. The van der Waals surface area contributed by atoms with Crippen LogP contribution >= 0.6 is 0 Å². The highest BCUT2D eigenvalue weighted by atomic mass is 32.2. The number of hydrogen-bond donors (Lipinski definition) is 1. The number of nitrogens with one attached hydrogen (secondary N) is 1. The van der Waals surface area contributed by atoms with Gasteiger partial charge in [-0.1, -0.05) is 6.07 Å². The molecule has 0 bridgehead atoms. The predicted molar refractivity (Wildman–Crippen MR) is 137 cm³/mol. The summed E-state index contributed by atoms with van der Waals surface area (Å²) in [5.74, 6) is 0.596. The van der Waals surface area contributed by atoms with E-state index in [1.54, 1.807) is 11.0 Å². The number of fused-ring (bicyclic) bond motifs is 1. The third-order valence-electron chi connectivity index (χ3n) is 7.98. The molecule has 3 aliphatic rings. The van der Waals surface area contributed by atoms with Crippen LogP contribution in [-0.4, -0.2) is 79.6 Å². The van der Waals surface area contributed by atoms with E-state index in [2.05, 4.69) is 9.82 Å². The third-order valence-corrected chi connectivity index (χ3v) is 8.56. The Morgan fingerprint density at radius 2 is 1.79 bits per heavy atom. The molecule has 2 aliphatic heterocycles. The Morgan fingerprint density at radius 3 is 2.39 bits per heavy atom. The van der Waals surface area contributed by atoms with Gasteiger partial charge in [-0.15, -0.1) is 5.10 Å². The van der Waals surface area contributed by atoms with E-state index in [-0.39, 0.29) is 41.8 Å². The molecule has 3 fully saturated rings. The molecule has 3 heterocycles. The Balaban J connectivity index is 1.20. The monoisotopic (exact) mass is 554 g/mol. The smallest absolute Gasteiger partial charge is 0.372 e. The van der Waals surface area contributed by atoms with Crippen molar-refractivity contribution >= 4 is 27.6 Å². The van der Waals surface area contributed by atoms with Crippen molar-refractivity contribution in [2.24, 2.45) is 11.8 Å². The van der Waals surface area contributed by atoms with Gasteiger partial charge in [0.25, 0.3) is 0 Å². The van der Waals surface area contributed by atoms with Crippen LogP contribution in [0.3, 0.4) is 0 Å². The largest absolute Gasteiger partial charge is 0.416 e. The first-order valence-corrected chi connectivity index (χ1v) is 14.7. The van der Waals surface area contributed by atoms with Crippen molar-refractivity contribution in [2.75, 3.05) is 49.1 Å². The van der Waals surface area contributed by atoms with Crippen molar-refractivity contribution in [3.8, 4) is 0 Å². The summed E-state index contributed by atoms with van der Waals surface area (Å²) in [6, 6.07) is 5.97. The van der Waals surface area contributed by atoms with Gasteiger partial charge in [0, 0.05) is 56.7 Å². The van der Waals surface area contributed by atoms with Gasteiger partial charge in [-0.05, 0) is 62.3 Å². The lowest BCUT2D eigenvalue weighted by atomic mass is 10.0. The molecule has 13 heteroatoms. The van der Waals surface area contributed by atoms with E-state index in [0.29, 0.717) is 18.8 Å². The minimum Gasteiger partial charge on any atom is -0.372 e. The maximum absolute atomic E-state index is 14.0. The van der Waals surface area contributed by atoms with Crippen LogP contribution in [0.15, 0.2) is 30.5 Å². The zero-order valence-electron chi connectivity index (χ0n) is 21.5. The first kappa shape index (κ1) is 26.8. The lowest BCUT2D eigenvalue weighted by molar-refractivity contribution is -0.138. The number of anilines is 2. The zero-order chi connectivity index (χ0) is 27.2. The summed E-state index contributed by atoms with van der Waals surface area (Å²) in [7, 11) is -1.62. The second-order valence-electron chi connectivity index (χ2n) is 10.8. The van der Waals surface area contributed by atoms with E-state index in [1.165, 1.54) is 18.3 Å². The summed E-state index contributed by atoms with van der Waals surface area (Å²) < 4.78 is 68.0. The minimum absolute atomic E-state index is 0.0774.